The molecule has 1 amide bonds. The second-order valence-corrected chi connectivity index (χ2v) is 8.73. The van der Waals surface area contributed by atoms with E-state index in [1.165, 1.54) is 4.31 Å². The molecule has 0 aromatic heterocycles. The molecular formula is C18H28N2O4S. The Kier molecular flexibility index (Phi) is 7.40. The number of rotatable bonds is 8. The van der Waals surface area contributed by atoms with Crippen molar-refractivity contribution in [3.05, 3.63) is 35.9 Å². The molecule has 25 heavy (non-hydrogen) atoms. The Bertz CT molecular complexity index is 640. The van der Waals surface area contributed by atoms with Gasteiger partial charge in [0.05, 0.1) is 19.0 Å². The number of benzene rings is 1. The van der Waals surface area contributed by atoms with Crippen LogP contribution in [0.5, 0.6) is 0 Å². The summed E-state index contributed by atoms with van der Waals surface area (Å²) in [5.74, 6) is 0.262. The van der Waals surface area contributed by atoms with Crippen LogP contribution in [0.15, 0.2) is 30.3 Å². The van der Waals surface area contributed by atoms with Crippen molar-refractivity contribution in [3.8, 4) is 0 Å². The number of nitrogens with one attached hydrogen (secondary N) is 1. The van der Waals surface area contributed by atoms with Crippen molar-refractivity contribution in [3.63, 3.8) is 0 Å². The van der Waals surface area contributed by atoms with Crippen LogP contribution in [0.25, 0.3) is 0 Å². The van der Waals surface area contributed by atoms with E-state index in [1.807, 2.05) is 30.3 Å². The predicted molar refractivity (Wildman–Crippen MR) is 97.8 cm³/mol. The number of morpholine rings is 1. The van der Waals surface area contributed by atoms with Gasteiger partial charge < -0.3 is 10.1 Å². The Balaban J connectivity index is 1.83. The lowest BCUT2D eigenvalue weighted by molar-refractivity contribution is -0.121. The fraction of sp³-hybridized carbons (Fsp3) is 0.611. The van der Waals surface area contributed by atoms with Crippen molar-refractivity contribution in [2.24, 2.45) is 5.92 Å². The highest BCUT2D eigenvalue weighted by Gasteiger charge is 2.24. The van der Waals surface area contributed by atoms with Gasteiger partial charge in [-0.15, -0.1) is 0 Å². The molecule has 1 N–H and O–H groups in total. The van der Waals surface area contributed by atoms with Crippen LogP contribution in [0.1, 0.15) is 31.7 Å². The Hall–Kier alpha value is -1.44. The van der Waals surface area contributed by atoms with Gasteiger partial charge in [0.25, 0.3) is 0 Å². The van der Waals surface area contributed by atoms with Gasteiger partial charge in [-0.05, 0) is 17.4 Å². The maximum Gasteiger partial charge on any atom is 0.220 e. The smallest absolute Gasteiger partial charge is 0.220 e. The second kappa shape index (κ2) is 9.31. The molecule has 1 unspecified atom stereocenters. The van der Waals surface area contributed by atoms with Crippen molar-refractivity contribution in [1.29, 1.82) is 0 Å². The quantitative estimate of drug-likeness (QED) is 0.756. The first-order valence-electron chi connectivity index (χ1n) is 8.77. The zero-order valence-corrected chi connectivity index (χ0v) is 15.8. The molecule has 1 aliphatic heterocycles. The molecule has 0 aliphatic carbocycles. The van der Waals surface area contributed by atoms with Gasteiger partial charge in [0.15, 0.2) is 0 Å². The minimum atomic E-state index is -3.34. The molecule has 0 radical (unpaired) electrons. The van der Waals surface area contributed by atoms with Crippen LogP contribution in [0.2, 0.25) is 0 Å². The molecule has 1 saturated heterocycles. The van der Waals surface area contributed by atoms with Crippen LogP contribution >= 0.6 is 0 Å². The standard InChI is InChI=1S/C18H28N2O4S/c1-15(2)17(16-6-4-3-5-7-16)14-18(21)19-8-13-25(22,23)20-9-11-24-12-10-20/h3-7,15,17H,8-14H2,1-2H3,(H,19,21). The molecule has 140 valence electrons. The third kappa shape index (κ3) is 6.09. The Labute approximate surface area is 150 Å². The monoisotopic (exact) mass is 368 g/mol. The first kappa shape index (κ1) is 19.9. The lowest BCUT2D eigenvalue weighted by Gasteiger charge is -2.26. The molecule has 1 atom stereocenters. The Morgan fingerprint density at radius 2 is 1.84 bits per heavy atom. The zero-order valence-electron chi connectivity index (χ0n) is 15.0. The first-order chi connectivity index (χ1) is 11.9. The van der Waals surface area contributed by atoms with E-state index < -0.39 is 10.0 Å². The number of carbonyl (C=O) groups is 1. The average molecular weight is 368 g/mol. The summed E-state index contributed by atoms with van der Waals surface area (Å²) in [5, 5.41) is 2.76. The minimum absolute atomic E-state index is 0.0730. The zero-order chi connectivity index (χ0) is 18.3. The Morgan fingerprint density at radius 3 is 2.44 bits per heavy atom. The molecule has 0 saturated carbocycles. The number of amides is 1. The fourth-order valence-electron chi connectivity index (χ4n) is 2.98. The van der Waals surface area contributed by atoms with Crippen molar-refractivity contribution in [1.82, 2.24) is 9.62 Å². The summed E-state index contributed by atoms with van der Waals surface area (Å²) < 4.78 is 31.1. The number of sulfonamides is 1. The molecule has 2 rings (SSSR count). The highest BCUT2D eigenvalue weighted by atomic mass is 32.2. The summed E-state index contributed by atoms with van der Waals surface area (Å²) in [6.07, 6.45) is 0.360. The summed E-state index contributed by atoms with van der Waals surface area (Å²) in [4.78, 5) is 12.3. The van der Waals surface area contributed by atoms with Gasteiger partial charge in [0, 0.05) is 26.1 Å². The topological polar surface area (TPSA) is 75.7 Å². The molecule has 1 aromatic rings. The fourth-order valence-corrected chi connectivity index (χ4v) is 4.31. The highest BCUT2D eigenvalue weighted by molar-refractivity contribution is 7.89. The third-order valence-electron chi connectivity index (χ3n) is 4.48. The van der Waals surface area contributed by atoms with Gasteiger partial charge in [-0.2, -0.15) is 4.31 Å². The normalized spacial score (nSPS) is 17.4. The van der Waals surface area contributed by atoms with Crippen LogP contribution in [-0.2, 0) is 19.6 Å². The van der Waals surface area contributed by atoms with E-state index in [-0.39, 0.29) is 24.1 Å². The lowest BCUT2D eigenvalue weighted by Crippen LogP contribution is -2.43. The molecule has 1 aromatic carbocycles. The van der Waals surface area contributed by atoms with E-state index >= 15 is 0 Å². The van der Waals surface area contributed by atoms with Gasteiger partial charge in [-0.25, -0.2) is 8.42 Å². The average Bonchev–Trinajstić information content (AvgIpc) is 2.61. The van der Waals surface area contributed by atoms with Gasteiger partial charge in [0.2, 0.25) is 15.9 Å². The van der Waals surface area contributed by atoms with Crippen LogP contribution < -0.4 is 5.32 Å². The highest BCUT2D eigenvalue weighted by Crippen LogP contribution is 2.27. The van der Waals surface area contributed by atoms with Crippen molar-refractivity contribution >= 4 is 15.9 Å². The second-order valence-electron chi connectivity index (χ2n) is 6.64. The van der Waals surface area contributed by atoms with Gasteiger partial charge in [-0.1, -0.05) is 44.2 Å². The summed E-state index contributed by atoms with van der Waals surface area (Å²) in [5.41, 5.74) is 1.13. The van der Waals surface area contributed by atoms with Gasteiger partial charge in [-0.3, -0.25) is 4.79 Å². The third-order valence-corrected chi connectivity index (χ3v) is 6.36. The van der Waals surface area contributed by atoms with E-state index in [4.69, 9.17) is 4.74 Å². The largest absolute Gasteiger partial charge is 0.379 e. The van der Waals surface area contributed by atoms with Crippen molar-refractivity contribution < 1.29 is 17.9 Å². The molecule has 7 heteroatoms. The number of hydrogen-bond acceptors (Lipinski definition) is 4. The molecule has 1 heterocycles. The van der Waals surface area contributed by atoms with E-state index in [0.717, 1.165) is 5.56 Å². The predicted octanol–water partition coefficient (Wildman–Crippen LogP) is 1.59. The number of carbonyl (C=O) groups excluding carboxylic acids is 1. The summed E-state index contributed by atoms with van der Waals surface area (Å²) in [7, 11) is -3.34. The molecule has 6 nitrogen and oxygen atoms in total. The van der Waals surface area contributed by atoms with E-state index in [1.54, 1.807) is 0 Å². The molecular weight excluding hydrogens is 340 g/mol. The van der Waals surface area contributed by atoms with Crippen molar-refractivity contribution in [2.45, 2.75) is 26.2 Å². The number of hydrogen-bond donors (Lipinski definition) is 1. The summed E-state index contributed by atoms with van der Waals surface area (Å²) in [6.45, 7) is 5.96. The van der Waals surface area contributed by atoms with Crippen molar-refractivity contribution in [2.75, 3.05) is 38.6 Å². The van der Waals surface area contributed by atoms with Crippen LogP contribution in [0, 0.1) is 5.92 Å². The molecule has 1 fully saturated rings. The van der Waals surface area contributed by atoms with E-state index in [0.29, 0.717) is 38.6 Å². The summed E-state index contributed by atoms with van der Waals surface area (Å²) in [6, 6.07) is 9.95. The number of ether oxygens (including phenoxy) is 1. The van der Waals surface area contributed by atoms with E-state index in [2.05, 4.69) is 19.2 Å². The SMILES string of the molecule is CC(C)C(CC(=O)NCCS(=O)(=O)N1CCOCC1)c1ccccc1. The first-order valence-corrected chi connectivity index (χ1v) is 10.4. The maximum atomic E-state index is 12.3. The summed E-state index contributed by atoms with van der Waals surface area (Å²) >= 11 is 0. The van der Waals surface area contributed by atoms with E-state index in [9.17, 15) is 13.2 Å². The molecule has 0 bridgehead atoms. The Morgan fingerprint density at radius 1 is 1.20 bits per heavy atom. The van der Waals surface area contributed by atoms with Crippen LogP contribution in [0.4, 0.5) is 0 Å². The molecule has 1 aliphatic rings. The minimum Gasteiger partial charge on any atom is -0.379 e. The van der Waals surface area contributed by atoms with Crippen LogP contribution in [0.3, 0.4) is 0 Å². The van der Waals surface area contributed by atoms with Gasteiger partial charge >= 0.3 is 0 Å². The lowest BCUT2D eigenvalue weighted by atomic mass is 9.85. The number of nitrogens with zero attached hydrogens (tertiary/aromatic N) is 1. The maximum absolute atomic E-state index is 12.3. The van der Waals surface area contributed by atoms with Crippen LogP contribution in [-0.4, -0.2) is 57.2 Å². The molecule has 0 spiro atoms. The van der Waals surface area contributed by atoms with Gasteiger partial charge in [0.1, 0.15) is 0 Å².